The Hall–Kier alpha value is -4.52. The number of aromatic nitrogens is 2. The van der Waals surface area contributed by atoms with Crippen LogP contribution in [0.15, 0.2) is 97.2 Å². The fourth-order valence-corrected chi connectivity index (χ4v) is 3.09. The van der Waals surface area contributed by atoms with Crippen LogP contribution in [0.1, 0.15) is 5.56 Å². The molecule has 0 atom stereocenters. The lowest BCUT2D eigenvalue weighted by Crippen LogP contribution is -2.07. The normalized spacial score (nSPS) is 10.8. The highest BCUT2D eigenvalue weighted by molar-refractivity contribution is 6.02. The molecule has 4 aromatic rings. The molecular weight excluding hydrogens is 392 g/mol. The second-order valence-electron chi connectivity index (χ2n) is 6.71. The van der Waals surface area contributed by atoms with Gasteiger partial charge in [-0.1, -0.05) is 54.6 Å². The molecular formula is C24H18N4O3. The van der Waals surface area contributed by atoms with E-state index < -0.39 is 10.8 Å². The first-order valence-electron chi connectivity index (χ1n) is 9.54. The summed E-state index contributed by atoms with van der Waals surface area (Å²) in [4.78, 5) is 22.8. The summed E-state index contributed by atoms with van der Waals surface area (Å²) in [7, 11) is 0. The predicted octanol–water partition coefficient (Wildman–Crippen LogP) is 5.10. The van der Waals surface area contributed by atoms with Gasteiger partial charge in [-0.3, -0.25) is 14.9 Å². The Morgan fingerprint density at radius 1 is 0.968 bits per heavy atom. The van der Waals surface area contributed by atoms with E-state index in [-0.39, 0.29) is 5.69 Å². The largest absolute Gasteiger partial charge is 0.322 e. The summed E-state index contributed by atoms with van der Waals surface area (Å²) in [6.45, 7) is 0. The average molecular weight is 410 g/mol. The van der Waals surface area contributed by atoms with Crippen molar-refractivity contribution in [3.8, 4) is 16.9 Å². The van der Waals surface area contributed by atoms with E-state index in [0.717, 1.165) is 22.5 Å². The minimum absolute atomic E-state index is 0.0859. The van der Waals surface area contributed by atoms with Gasteiger partial charge in [0.15, 0.2) is 0 Å². The number of hydrogen-bond acceptors (Lipinski definition) is 4. The Labute approximate surface area is 178 Å². The number of nitro benzene ring substituents is 1. The molecule has 0 fully saturated rings. The first-order chi connectivity index (χ1) is 15.1. The van der Waals surface area contributed by atoms with E-state index in [9.17, 15) is 14.9 Å². The fourth-order valence-electron chi connectivity index (χ4n) is 3.09. The molecule has 0 saturated heterocycles. The first kappa shape index (κ1) is 19.8. The number of nitrogens with one attached hydrogen (secondary N) is 1. The van der Waals surface area contributed by atoms with Gasteiger partial charge in [0.05, 0.1) is 16.3 Å². The van der Waals surface area contributed by atoms with E-state index in [1.807, 2.05) is 66.9 Å². The number of carbonyl (C=O) groups is 1. The van der Waals surface area contributed by atoms with Gasteiger partial charge in [0.25, 0.3) is 5.69 Å². The topological polar surface area (TPSA) is 90.1 Å². The van der Waals surface area contributed by atoms with Crippen molar-refractivity contribution in [1.29, 1.82) is 0 Å². The smallest absolute Gasteiger partial charge is 0.271 e. The molecule has 31 heavy (non-hydrogen) atoms. The second-order valence-corrected chi connectivity index (χ2v) is 6.71. The molecule has 152 valence electrons. The molecule has 0 bridgehead atoms. The maximum atomic E-state index is 12.4. The standard InChI is InChI=1S/C24H18N4O3/c29-23(25-20-10-7-13-22(16-20)28(30)31)15-14-19-17-27(21-11-5-2-6-12-21)26-24(19)18-8-3-1-4-9-18/h1-17H,(H,25,29). The van der Waals surface area contributed by atoms with Crippen molar-refractivity contribution < 1.29 is 9.72 Å². The predicted molar refractivity (Wildman–Crippen MR) is 120 cm³/mol. The first-order valence-corrected chi connectivity index (χ1v) is 9.54. The lowest BCUT2D eigenvalue weighted by atomic mass is 10.1. The summed E-state index contributed by atoms with van der Waals surface area (Å²) in [6, 6.07) is 25.2. The molecule has 0 aliphatic rings. The molecule has 0 radical (unpaired) electrons. The van der Waals surface area contributed by atoms with Crippen molar-refractivity contribution in [2.75, 3.05) is 5.32 Å². The number of rotatable bonds is 6. The van der Waals surface area contributed by atoms with Crippen LogP contribution in [0.4, 0.5) is 11.4 Å². The summed E-state index contributed by atoms with van der Waals surface area (Å²) < 4.78 is 1.76. The third-order valence-electron chi connectivity index (χ3n) is 4.55. The van der Waals surface area contributed by atoms with Crippen LogP contribution in [-0.2, 0) is 4.79 Å². The van der Waals surface area contributed by atoms with Gasteiger partial charge in [-0.15, -0.1) is 0 Å². The monoisotopic (exact) mass is 410 g/mol. The van der Waals surface area contributed by atoms with Crippen LogP contribution < -0.4 is 5.32 Å². The number of benzene rings is 3. The SMILES string of the molecule is O=C(C=Cc1cn(-c2ccccc2)nc1-c1ccccc1)Nc1cccc([N+](=O)[O-])c1. The third-order valence-corrected chi connectivity index (χ3v) is 4.55. The highest BCUT2D eigenvalue weighted by Gasteiger charge is 2.11. The van der Waals surface area contributed by atoms with Crippen molar-refractivity contribution in [3.05, 3.63) is 113 Å². The van der Waals surface area contributed by atoms with Gasteiger partial charge in [0.1, 0.15) is 0 Å². The van der Waals surface area contributed by atoms with Crippen LogP contribution in [0.3, 0.4) is 0 Å². The Morgan fingerprint density at radius 2 is 1.68 bits per heavy atom. The zero-order valence-corrected chi connectivity index (χ0v) is 16.4. The lowest BCUT2D eigenvalue weighted by molar-refractivity contribution is -0.384. The van der Waals surface area contributed by atoms with Crippen molar-refractivity contribution in [1.82, 2.24) is 9.78 Å². The van der Waals surface area contributed by atoms with Gasteiger partial charge in [-0.25, -0.2) is 4.68 Å². The van der Waals surface area contributed by atoms with Gasteiger partial charge >= 0.3 is 0 Å². The number of amides is 1. The highest BCUT2D eigenvalue weighted by atomic mass is 16.6. The molecule has 0 aliphatic carbocycles. The maximum absolute atomic E-state index is 12.4. The summed E-state index contributed by atoms with van der Waals surface area (Å²) in [5.41, 5.74) is 3.61. The van der Waals surface area contributed by atoms with Gasteiger partial charge < -0.3 is 5.32 Å². The Balaban J connectivity index is 1.61. The summed E-state index contributed by atoms with van der Waals surface area (Å²) in [6.07, 6.45) is 4.92. The number of hydrogen-bond donors (Lipinski definition) is 1. The molecule has 7 heteroatoms. The van der Waals surface area contributed by atoms with Crippen molar-refractivity contribution in [2.24, 2.45) is 0 Å². The molecule has 1 heterocycles. The number of non-ortho nitro benzene ring substituents is 1. The van der Waals surface area contributed by atoms with Crippen LogP contribution >= 0.6 is 0 Å². The zero-order valence-electron chi connectivity index (χ0n) is 16.4. The van der Waals surface area contributed by atoms with Crippen LogP contribution in [0.2, 0.25) is 0 Å². The molecule has 0 aliphatic heterocycles. The van der Waals surface area contributed by atoms with Crippen LogP contribution in [0, 0.1) is 10.1 Å². The third kappa shape index (κ3) is 4.73. The molecule has 7 nitrogen and oxygen atoms in total. The minimum Gasteiger partial charge on any atom is -0.322 e. The number of nitrogens with zero attached hydrogens (tertiary/aromatic N) is 3. The fraction of sp³-hybridized carbons (Fsp3) is 0. The van der Waals surface area contributed by atoms with Crippen LogP contribution in [-0.4, -0.2) is 20.6 Å². The van der Waals surface area contributed by atoms with Crippen molar-refractivity contribution in [2.45, 2.75) is 0 Å². The zero-order chi connectivity index (χ0) is 21.6. The van der Waals surface area contributed by atoms with Gasteiger partial charge in [0, 0.05) is 41.2 Å². The number of nitro groups is 1. The number of anilines is 1. The number of carbonyl (C=O) groups excluding carboxylic acids is 1. The second kappa shape index (κ2) is 8.87. The quantitative estimate of drug-likeness (QED) is 0.272. The van der Waals surface area contributed by atoms with Crippen LogP contribution in [0.25, 0.3) is 23.0 Å². The summed E-state index contributed by atoms with van der Waals surface area (Å²) >= 11 is 0. The van der Waals surface area contributed by atoms with Crippen molar-refractivity contribution >= 4 is 23.4 Å². The average Bonchev–Trinajstić information content (AvgIpc) is 3.23. The molecule has 1 N–H and O–H groups in total. The molecule has 0 unspecified atom stereocenters. The molecule has 0 spiro atoms. The molecule has 1 aromatic heterocycles. The van der Waals surface area contributed by atoms with E-state index in [2.05, 4.69) is 5.32 Å². The Morgan fingerprint density at radius 3 is 2.39 bits per heavy atom. The van der Waals surface area contributed by atoms with E-state index in [0.29, 0.717) is 5.69 Å². The van der Waals surface area contributed by atoms with E-state index in [1.165, 1.54) is 24.3 Å². The van der Waals surface area contributed by atoms with Gasteiger partial charge in [-0.2, -0.15) is 5.10 Å². The number of para-hydroxylation sites is 1. The Bertz CT molecular complexity index is 1250. The van der Waals surface area contributed by atoms with E-state index in [1.54, 1.807) is 16.8 Å². The molecule has 0 saturated carbocycles. The highest BCUT2D eigenvalue weighted by Crippen LogP contribution is 2.25. The van der Waals surface area contributed by atoms with Gasteiger partial charge in [-0.05, 0) is 24.3 Å². The summed E-state index contributed by atoms with van der Waals surface area (Å²) in [5, 5.41) is 18.3. The van der Waals surface area contributed by atoms with Crippen LogP contribution in [0.5, 0.6) is 0 Å². The molecule has 4 rings (SSSR count). The lowest BCUT2D eigenvalue weighted by Gasteiger charge is -2.02. The Kier molecular flexibility index (Phi) is 5.66. The molecule has 1 amide bonds. The molecule has 3 aromatic carbocycles. The van der Waals surface area contributed by atoms with E-state index >= 15 is 0 Å². The van der Waals surface area contributed by atoms with Crippen molar-refractivity contribution in [3.63, 3.8) is 0 Å². The minimum atomic E-state index is -0.504. The van der Waals surface area contributed by atoms with Gasteiger partial charge in [0.2, 0.25) is 5.91 Å². The van der Waals surface area contributed by atoms with E-state index in [4.69, 9.17) is 5.10 Å². The summed E-state index contributed by atoms with van der Waals surface area (Å²) in [5.74, 6) is -0.396. The maximum Gasteiger partial charge on any atom is 0.271 e.